The smallest absolute Gasteiger partial charge is 0.408 e. The van der Waals surface area contributed by atoms with Crippen LogP contribution in [0.2, 0.25) is 0 Å². The topological polar surface area (TPSA) is 113 Å². The zero-order valence-electron chi connectivity index (χ0n) is 20.4. The molecule has 190 valence electrons. The third-order valence-electron chi connectivity index (χ3n) is 6.85. The van der Waals surface area contributed by atoms with Crippen molar-refractivity contribution in [3.63, 3.8) is 0 Å². The van der Waals surface area contributed by atoms with Gasteiger partial charge in [-0.3, -0.25) is 0 Å². The summed E-state index contributed by atoms with van der Waals surface area (Å²) in [6, 6.07) is 29.0. The van der Waals surface area contributed by atoms with Crippen molar-refractivity contribution in [1.29, 1.82) is 0 Å². The van der Waals surface area contributed by atoms with Crippen LogP contribution in [-0.2, 0) is 29.0 Å². The second-order valence-corrected chi connectivity index (χ2v) is 9.27. The highest BCUT2D eigenvalue weighted by Gasteiger charge is 2.48. The monoisotopic (exact) mass is 507 g/mol. The lowest BCUT2D eigenvalue weighted by Crippen LogP contribution is -2.55. The maximum atomic E-state index is 12.8. The molecular weight excluding hydrogens is 482 g/mol. The first-order valence-corrected chi connectivity index (χ1v) is 12.1. The van der Waals surface area contributed by atoms with Crippen LogP contribution in [0.25, 0.3) is 22.3 Å². The second-order valence-electron chi connectivity index (χ2n) is 9.27. The van der Waals surface area contributed by atoms with E-state index >= 15 is 0 Å². The normalized spacial score (nSPS) is 15.9. The molecule has 0 saturated heterocycles. The van der Waals surface area contributed by atoms with Crippen molar-refractivity contribution < 1.29 is 29.3 Å². The highest BCUT2D eigenvalue weighted by molar-refractivity contribution is 6.01. The molecule has 0 unspecified atom stereocenters. The molecule has 38 heavy (non-hydrogen) atoms. The van der Waals surface area contributed by atoms with E-state index in [1.165, 1.54) is 0 Å². The Morgan fingerprint density at radius 3 is 1.89 bits per heavy atom. The van der Waals surface area contributed by atoms with Gasteiger partial charge in [-0.2, -0.15) is 0 Å². The molecule has 1 aliphatic rings. The summed E-state index contributed by atoms with van der Waals surface area (Å²) < 4.78 is 5.35. The van der Waals surface area contributed by atoms with E-state index in [-0.39, 0.29) is 25.0 Å². The first-order chi connectivity index (χ1) is 18.4. The van der Waals surface area contributed by atoms with Crippen molar-refractivity contribution in [2.75, 3.05) is 0 Å². The van der Waals surface area contributed by atoms with Crippen LogP contribution in [0, 0.1) is 0 Å². The fourth-order valence-electron chi connectivity index (χ4n) is 5.07. The second kappa shape index (κ2) is 10.2. The third kappa shape index (κ3) is 4.74. The molecule has 0 radical (unpaired) electrons. The molecule has 0 heterocycles. The molecule has 1 atom stereocenters. The molecular formula is C31H25NO6. The minimum absolute atomic E-state index is 0.0109. The summed E-state index contributed by atoms with van der Waals surface area (Å²) in [5, 5.41) is 23.2. The van der Waals surface area contributed by atoms with Gasteiger partial charge in [0, 0.05) is 12.8 Å². The number of ether oxygens (including phenoxy) is 1. The Bertz CT molecular complexity index is 1500. The van der Waals surface area contributed by atoms with E-state index < -0.39 is 23.6 Å². The molecule has 1 amide bonds. The van der Waals surface area contributed by atoms with Gasteiger partial charge in [-0.15, -0.1) is 0 Å². The lowest BCUT2D eigenvalue weighted by atomic mass is 9.87. The highest BCUT2D eigenvalue weighted by atomic mass is 16.5. The van der Waals surface area contributed by atoms with Crippen LogP contribution in [0.3, 0.4) is 0 Å². The average Bonchev–Trinajstić information content (AvgIpc) is 3.33. The van der Waals surface area contributed by atoms with E-state index in [0.29, 0.717) is 27.8 Å². The van der Waals surface area contributed by atoms with Gasteiger partial charge < -0.3 is 20.3 Å². The number of carbonyl (C=O) groups excluding carboxylic acids is 1. The van der Waals surface area contributed by atoms with Gasteiger partial charge in [0.05, 0.1) is 5.56 Å². The molecule has 5 rings (SSSR count). The predicted molar refractivity (Wildman–Crippen MR) is 142 cm³/mol. The largest absolute Gasteiger partial charge is 0.479 e. The van der Waals surface area contributed by atoms with Crippen LogP contribution in [0.1, 0.15) is 27.0 Å². The molecule has 0 aliphatic heterocycles. The van der Waals surface area contributed by atoms with Gasteiger partial charge in [0.25, 0.3) is 0 Å². The molecule has 4 aromatic carbocycles. The van der Waals surface area contributed by atoms with Gasteiger partial charge in [-0.25, -0.2) is 14.4 Å². The Hall–Kier alpha value is -4.91. The number of rotatable bonds is 7. The maximum absolute atomic E-state index is 12.8. The number of hydrogen-bond donors (Lipinski definition) is 3. The predicted octanol–water partition coefficient (Wildman–Crippen LogP) is 5.57. The van der Waals surface area contributed by atoms with Gasteiger partial charge in [-0.05, 0) is 45.0 Å². The minimum Gasteiger partial charge on any atom is -0.479 e. The molecule has 0 fully saturated rings. The van der Waals surface area contributed by atoms with Crippen molar-refractivity contribution >= 4 is 18.0 Å². The zero-order valence-corrected chi connectivity index (χ0v) is 20.4. The maximum Gasteiger partial charge on any atom is 0.408 e. The molecule has 0 spiro atoms. The van der Waals surface area contributed by atoms with Crippen LogP contribution in [0.15, 0.2) is 97.1 Å². The number of carbonyl (C=O) groups is 3. The highest BCUT2D eigenvalue weighted by Crippen LogP contribution is 2.44. The number of fused-ring (bicyclic) bond motifs is 1. The fourth-order valence-corrected chi connectivity index (χ4v) is 5.07. The number of benzene rings is 4. The Morgan fingerprint density at radius 1 is 0.763 bits per heavy atom. The third-order valence-corrected chi connectivity index (χ3v) is 6.85. The summed E-state index contributed by atoms with van der Waals surface area (Å²) in [5.74, 6) is -2.34. The van der Waals surface area contributed by atoms with E-state index in [2.05, 4.69) is 5.32 Å². The Kier molecular flexibility index (Phi) is 6.66. The number of hydrogen-bond acceptors (Lipinski definition) is 4. The van der Waals surface area contributed by atoms with E-state index in [4.69, 9.17) is 4.74 Å². The van der Waals surface area contributed by atoms with Gasteiger partial charge in [0.15, 0.2) is 0 Å². The summed E-state index contributed by atoms with van der Waals surface area (Å²) in [6.07, 6.45) is -0.976. The van der Waals surface area contributed by atoms with Crippen molar-refractivity contribution in [1.82, 2.24) is 5.32 Å². The van der Waals surface area contributed by atoms with E-state index in [1.54, 1.807) is 42.5 Å². The number of carboxylic acids is 2. The molecule has 1 aliphatic carbocycles. The molecule has 0 bridgehead atoms. The quantitative estimate of drug-likeness (QED) is 0.302. The van der Waals surface area contributed by atoms with E-state index in [1.807, 2.05) is 54.6 Å². The number of alkyl carbamates (subject to hydrolysis) is 1. The van der Waals surface area contributed by atoms with E-state index in [0.717, 1.165) is 11.1 Å². The van der Waals surface area contributed by atoms with Crippen LogP contribution in [0.4, 0.5) is 4.79 Å². The van der Waals surface area contributed by atoms with Gasteiger partial charge in [0.1, 0.15) is 12.1 Å². The van der Waals surface area contributed by atoms with Gasteiger partial charge in [-0.1, -0.05) is 91.0 Å². The SMILES string of the molecule is O=C(N[C@]1(C(=O)O)Cc2c(-c3ccccc3)cc(C(=O)O)c(-c3ccccc3)c2C1)OCc1ccccc1. The van der Waals surface area contributed by atoms with Gasteiger partial charge >= 0.3 is 18.0 Å². The zero-order chi connectivity index (χ0) is 26.7. The van der Waals surface area contributed by atoms with Crippen LogP contribution in [0.5, 0.6) is 0 Å². The van der Waals surface area contributed by atoms with Crippen molar-refractivity contribution in [2.45, 2.75) is 25.0 Å². The Morgan fingerprint density at radius 2 is 1.32 bits per heavy atom. The summed E-state index contributed by atoms with van der Waals surface area (Å²) in [7, 11) is 0. The lowest BCUT2D eigenvalue weighted by molar-refractivity contribution is -0.144. The first-order valence-electron chi connectivity index (χ1n) is 12.1. The van der Waals surface area contributed by atoms with Crippen molar-refractivity contribution in [3.05, 3.63) is 119 Å². The molecule has 0 saturated carbocycles. The number of aliphatic carboxylic acids is 1. The fraction of sp³-hybridized carbons (Fsp3) is 0.129. The number of nitrogens with one attached hydrogen (secondary N) is 1. The number of aromatic carboxylic acids is 1. The standard InChI is InChI=1S/C31H25NO6/c33-28(34)24-16-23(21-12-6-2-7-13-21)25-17-31(29(35)36,18-26(25)27(24)22-14-8-3-9-15-22)32-30(37)38-19-20-10-4-1-5-11-20/h1-16H,17-19H2,(H,32,37)(H,33,34)(H,35,36)/t31-/m1/s1. The number of carboxylic acid groups (broad SMARTS) is 2. The first kappa shape index (κ1) is 24.8. The molecule has 3 N–H and O–H groups in total. The summed E-state index contributed by atoms with van der Waals surface area (Å²) in [5.41, 5.74) is 2.90. The van der Waals surface area contributed by atoms with Crippen LogP contribution < -0.4 is 5.32 Å². The van der Waals surface area contributed by atoms with Crippen molar-refractivity contribution in [2.24, 2.45) is 0 Å². The summed E-state index contributed by atoms with van der Waals surface area (Å²) in [4.78, 5) is 38.0. The molecule has 0 aromatic heterocycles. The average molecular weight is 508 g/mol. The Balaban J connectivity index is 1.60. The summed E-state index contributed by atoms with van der Waals surface area (Å²) >= 11 is 0. The van der Waals surface area contributed by atoms with Crippen LogP contribution >= 0.6 is 0 Å². The molecule has 4 aromatic rings. The summed E-state index contributed by atoms with van der Waals surface area (Å²) in [6.45, 7) is -0.0109. The Labute approximate surface area is 219 Å². The van der Waals surface area contributed by atoms with Gasteiger partial charge in [0.2, 0.25) is 0 Å². The van der Waals surface area contributed by atoms with Crippen molar-refractivity contribution in [3.8, 4) is 22.3 Å². The number of amides is 1. The molecule has 7 heteroatoms. The van der Waals surface area contributed by atoms with Crippen LogP contribution in [-0.4, -0.2) is 33.8 Å². The van der Waals surface area contributed by atoms with E-state index in [9.17, 15) is 24.6 Å². The minimum atomic E-state index is -1.71. The molecule has 7 nitrogen and oxygen atoms in total. The lowest BCUT2D eigenvalue weighted by Gasteiger charge is -2.25.